The maximum Gasteiger partial charge on any atom is 0.203 e. The fourth-order valence-electron chi connectivity index (χ4n) is 3.56. The number of ether oxygens (including phenoxy) is 3. The van der Waals surface area contributed by atoms with Crippen LogP contribution in [0.25, 0.3) is 10.2 Å². The SMILES string of the molecule is COc1ccc(/C=N\Nc2ncnc3sc4c(c23)CCCC4)c(OC)c1OC. The molecule has 0 spiro atoms. The van der Waals surface area contributed by atoms with E-state index in [2.05, 4.69) is 20.5 Å². The molecule has 8 heteroatoms. The Morgan fingerprint density at radius 1 is 1.04 bits per heavy atom. The smallest absolute Gasteiger partial charge is 0.203 e. The number of thiophene rings is 1. The number of anilines is 1. The van der Waals surface area contributed by atoms with E-state index in [0.717, 1.165) is 34.4 Å². The Hall–Kier alpha value is -2.87. The van der Waals surface area contributed by atoms with Crippen LogP contribution in [0.5, 0.6) is 17.2 Å². The van der Waals surface area contributed by atoms with Crippen LogP contribution >= 0.6 is 11.3 Å². The summed E-state index contributed by atoms with van der Waals surface area (Å²) in [6.45, 7) is 0. The zero-order valence-electron chi connectivity index (χ0n) is 16.1. The lowest BCUT2D eigenvalue weighted by atomic mass is 9.97. The third-order valence-electron chi connectivity index (χ3n) is 4.86. The monoisotopic (exact) mass is 398 g/mol. The van der Waals surface area contributed by atoms with E-state index in [4.69, 9.17) is 14.2 Å². The lowest BCUT2D eigenvalue weighted by Crippen LogP contribution is -2.01. The topological polar surface area (TPSA) is 77.9 Å². The normalized spacial score (nSPS) is 13.5. The van der Waals surface area contributed by atoms with Crippen LogP contribution in [0.4, 0.5) is 5.82 Å². The van der Waals surface area contributed by atoms with E-state index in [9.17, 15) is 0 Å². The van der Waals surface area contributed by atoms with Crippen molar-refractivity contribution in [1.29, 1.82) is 0 Å². The Kier molecular flexibility index (Phi) is 5.29. The summed E-state index contributed by atoms with van der Waals surface area (Å²) >= 11 is 1.77. The summed E-state index contributed by atoms with van der Waals surface area (Å²) in [7, 11) is 4.76. The molecule has 1 N–H and O–H groups in total. The van der Waals surface area contributed by atoms with Crippen LogP contribution < -0.4 is 19.6 Å². The summed E-state index contributed by atoms with van der Waals surface area (Å²) in [5, 5.41) is 5.49. The highest BCUT2D eigenvalue weighted by molar-refractivity contribution is 7.19. The molecule has 1 aromatic carbocycles. The van der Waals surface area contributed by atoms with E-state index in [1.807, 2.05) is 12.1 Å². The third-order valence-corrected chi connectivity index (χ3v) is 6.06. The molecular weight excluding hydrogens is 376 g/mol. The molecule has 3 aromatic rings. The van der Waals surface area contributed by atoms with Crippen LogP contribution in [0.2, 0.25) is 0 Å². The fraction of sp³-hybridized carbons (Fsp3) is 0.350. The molecule has 0 saturated heterocycles. The third kappa shape index (κ3) is 3.24. The maximum atomic E-state index is 5.50. The molecule has 2 aromatic heterocycles. The summed E-state index contributed by atoms with van der Waals surface area (Å²) in [6, 6.07) is 3.69. The van der Waals surface area contributed by atoms with Gasteiger partial charge in [0.15, 0.2) is 17.3 Å². The van der Waals surface area contributed by atoms with Gasteiger partial charge in [-0.1, -0.05) is 0 Å². The lowest BCUT2D eigenvalue weighted by molar-refractivity contribution is 0.324. The molecule has 0 radical (unpaired) electrons. The van der Waals surface area contributed by atoms with Crippen LogP contribution in [0.1, 0.15) is 28.8 Å². The van der Waals surface area contributed by atoms with Gasteiger partial charge < -0.3 is 14.2 Å². The Morgan fingerprint density at radius 2 is 1.86 bits per heavy atom. The van der Waals surface area contributed by atoms with E-state index >= 15 is 0 Å². The van der Waals surface area contributed by atoms with E-state index < -0.39 is 0 Å². The average molecular weight is 398 g/mol. The van der Waals surface area contributed by atoms with Crippen LogP contribution in [-0.2, 0) is 12.8 Å². The van der Waals surface area contributed by atoms with Gasteiger partial charge in [-0.05, 0) is 43.4 Å². The number of aromatic nitrogens is 2. The van der Waals surface area contributed by atoms with Gasteiger partial charge in [-0.3, -0.25) is 5.43 Å². The van der Waals surface area contributed by atoms with Gasteiger partial charge in [0, 0.05) is 10.4 Å². The minimum Gasteiger partial charge on any atom is -0.493 e. The Morgan fingerprint density at radius 3 is 2.64 bits per heavy atom. The van der Waals surface area contributed by atoms with Gasteiger partial charge in [-0.2, -0.15) is 5.10 Å². The Balaban J connectivity index is 1.65. The van der Waals surface area contributed by atoms with Crippen molar-refractivity contribution in [3.05, 3.63) is 34.5 Å². The van der Waals surface area contributed by atoms with E-state index in [1.54, 1.807) is 45.2 Å². The number of aryl methyl sites for hydroxylation is 2. The second-order valence-corrected chi connectivity index (χ2v) is 7.49. The minimum absolute atomic E-state index is 0.533. The number of fused-ring (bicyclic) bond motifs is 3. The van der Waals surface area contributed by atoms with E-state index in [0.29, 0.717) is 17.2 Å². The Bertz CT molecular complexity index is 1030. The highest BCUT2D eigenvalue weighted by Crippen LogP contribution is 2.40. The average Bonchev–Trinajstić information content (AvgIpc) is 3.12. The van der Waals surface area contributed by atoms with E-state index in [1.165, 1.54) is 23.3 Å². The number of benzene rings is 1. The summed E-state index contributed by atoms with van der Waals surface area (Å²) < 4.78 is 16.2. The summed E-state index contributed by atoms with van der Waals surface area (Å²) in [6.07, 6.45) is 7.92. The second-order valence-electron chi connectivity index (χ2n) is 6.41. The first-order chi connectivity index (χ1) is 13.8. The van der Waals surface area contributed by atoms with Gasteiger partial charge in [-0.15, -0.1) is 11.3 Å². The summed E-state index contributed by atoms with van der Waals surface area (Å²) in [4.78, 5) is 11.3. The molecule has 2 heterocycles. The van der Waals surface area contributed by atoms with Gasteiger partial charge in [-0.25, -0.2) is 9.97 Å². The minimum atomic E-state index is 0.533. The molecule has 146 valence electrons. The largest absolute Gasteiger partial charge is 0.493 e. The Labute approximate surface area is 167 Å². The summed E-state index contributed by atoms with van der Waals surface area (Å²) in [5.41, 5.74) is 5.22. The van der Waals surface area contributed by atoms with Crippen LogP contribution in [0.3, 0.4) is 0 Å². The number of hydrazone groups is 1. The zero-order valence-corrected chi connectivity index (χ0v) is 16.9. The van der Waals surface area contributed by atoms with Crippen LogP contribution in [0, 0.1) is 0 Å². The molecular formula is C20H22N4O3S. The van der Waals surface area contributed by atoms with E-state index in [-0.39, 0.29) is 0 Å². The van der Waals surface area contributed by atoms with Crippen LogP contribution in [-0.4, -0.2) is 37.5 Å². The number of methoxy groups -OCH3 is 3. The predicted octanol–water partition coefficient (Wildman–Crippen LogP) is 4.04. The van der Waals surface area contributed by atoms with Crippen LogP contribution in [0.15, 0.2) is 23.6 Å². The molecule has 0 atom stereocenters. The number of hydrogen-bond acceptors (Lipinski definition) is 8. The maximum absolute atomic E-state index is 5.50. The van der Waals surface area contributed by atoms with Crippen molar-refractivity contribution < 1.29 is 14.2 Å². The molecule has 4 rings (SSSR count). The molecule has 1 aliphatic carbocycles. The van der Waals surface area contributed by atoms with Crippen molar-refractivity contribution in [2.75, 3.05) is 26.8 Å². The van der Waals surface area contributed by atoms with Gasteiger partial charge >= 0.3 is 0 Å². The first-order valence-corrected chi connectivity index (χ1v) is 9.91. The fourth-order valence-corrected chi connectivity index (χ4v) is 4.79. The standard InChI is InChI=1S/C20H22N4O3S/c1-25-14-9-8-12(17(26-2)18(14)27-3)10-23-24-19-16-13-6-4-5-7-15(13)28-20(16)22-11-21-19/h8-11H,4-7H2,1-3H3,(H,21,22,24)/b23-10-. The molecule has 0 unspecified atom stereocenters. The van der Waals surface area contributed by atoms with Crippen molar-refractivity contribution in [2.45, 2.75) is 25.7 Å². The molecule has 0 saturated carbocycles. The molecule has 28 heavy (non-hydrogen) atoms. The molecule has 1 aliphatic rings. The number of hydrogen-bond donors (Lipinski definition) is 1. The molecule has 0 amide bonds. The van der Waals surface area contributed by atoms with Gasteiger partial charge in [0.2, 0.25) is 5.75 Å². The number of rotatable bonds is 6. The van der Waals surface area contributed by atoms with Crippen molar-refractivity contribution in [1.82, 2.24) is 9.97 Å². The quantitative estimate of drug-likeness (QED) is 0.499. The van der Waals surface area contributed by atoms with Crippen molar-refractivity contribution in [2.24, 2.45) is 5.10 Å². The second kappa shape index (κ2) is 8.02. The van der Waals surface area contributed by atoms with Crippen molar-refractivity contribution in [3.63, 3.8) is 0 Å². The first kappa shape index (κ1) is 18.5. The lowest BCUT2D eigenvalue weighted by Gasteiger charge is -2.13. The van der Waals surface area contributed by atoms with Crippen molar-refractivity contribution >= 4 is 33.6 Å². The number of nitrogens with zero attached hydrogens (tertiary/aromatic N) is 3. The van der Waals surface area contributed by atoms with Gasteiger partial charge in [0.1, 0.15) is 11.2 Å². The zero-order chi connectivity index (χ0) is 19.5. The highest BCUT2D eigenvalue weighted by atomic mass is 32.1. The number of nitrogens with one attached hydrogen (secondary N) is 1. The molecule has 7 nitrogen and oxygen atoms in total. The van der Waals surface area contributed by atoms with Gasteiger partial charge in [0.25, 0.3) is 0 Å². The van der Waals surface area contributed by atoms with Crippen molar-refractivity contribution in [3.8, 4) is 17.2 Å². The first-order valence-electron chi connectivity index (χ1n) is 9.10. The predicted molar refractivity (Wildman–Crippen MR) is 111 cm³/mol. The highest BCUT2D eigenvalue weighted by Gasteiger charge is 2.20. The molecule has 0 aliphatic heterocycles. The molecule has 0 fully saturated rings. The van der Waals surface area contributed by atoms with Gasteiger partial charge in [0.05, 0.1) is 32.9 Å². The molecule has 0 bridgehead atoms. The summed E-state index contributed by atoms with van der Waals surface area (Å²) in [5.74, 6) is 2.44.